The van der Waals surface area contributed by atoms with Crippen molar-refractivity contribution in [2.24, 2.45) is 5.73 Å². The molecule has 0 fully saturated rings. The first-order valence-corrected chi connectivity index (χ1v) is 7.27. The normalized spacial score (nSPS) is 11.5. The van der Waals surface area contributed by atoms with E-state index in [0.29, 0.717) is 6.42 Å². The minimum Gasteiger partial charge on any atom is -0.465 e. The smallest absolute Gasteiger partial charge is 0.322 e. The highest BCUT2D eigenvalue weighted by Gasteiger charge is 2.25. The number of hydrogen-bond donors (Lipinski definition) is 1. The SMILES string of the molecule is CCCN(CC(N)=S)S(=O)(=O)CC(=O)OCC. The van der Waals surface area contributed by atoms with Crippen molar-refractivity contribution in [1.82, 2.24) is 4.31 Å². The van der Waals surface area contributed by atoms with Crippen LogP contribution in [0.3, 0.4) is 0 Å². The number of nitrogens with zero attached hydrogens (tertiary/aromatic N) is 1. The predicted molar refractivity (Wildman–Crippen MR) is 69.1 cm³/mol. The summed E-state index contributed by atoms with van der Waals surface area (Å²) < 4.78 is 29.4. The first-order chi connectivity index (χ1) is 7.83. The van der Waals surface area contributed by atoms with Crippen LogP contribution in [0.25, 0.3) is 0 Å². The minimum atomic E-state index is -3.71. The van der Waals surface area contributed by atoms with Crippen molar-refractivity contribution in [2.45, 2.75) is 20.3 Å². The van der Waals surface area contributed by atoms with Crippen LogP contribution in [-0.2, 0) is 19.6 Å². The summed E-state index contributed by atoms with van der Waals surface area (Å²) in [7, 11) is -3.71. The van der Waals surface area contributed by atoms with Crippen LogP contribution in [0, 0.1) is 0 Å². The van der Waals surface area contributed by atoms with Gasteiger partial charge in [-0.15, -0.1) is 0 Å². The molecule has 0 aliphatic rings. The van der Waals surface area contributed by atoms with E-state index in [1.807, 2.05) is 6.92 Å². The van der Waals surface area contributed by atoms with Crippen LogP contribution >= 0.6 is 12.2 Å². The lowest BCUT2D eigenvalue weighted by atomic mass is 10.5. The molecule has 0 saturated carbocycles. The summed E-state index contributed by atoms with van der Waals surface area (Å²) in [5.74, 6) is -1.44. The van der Waals surface area contributed by atoms with Gasteiger partial charge in [-0.2, -0.15) is 4.31 Å². The van der Waals surface area contributed by atoms with Gasteiger partial charge in [0, 0.05) is 6.54 Å². The lowest BCUT2D eigenvalue weighted by Gasteiger charge is -2.20. The number of carbonyl (C=O) groups is 1. The second-order valence-electron chi connectivity index (χ2n) is 3.36. The Kier molecular flexibility index (Phi) is 7.24. The van der Waals surface area contributed by atoms with Crippen LogP contribution < -0.4 is 5.73 Å². The number of sulfonamides is 1. The molecule has 6 nitrogen and oxygen atoms in total. The topological polar surface area (TPSA) is 89.7 Å². The number of ether oxygens (including phenoxy) is 1. The molecule has 0 unspecified atom stereocenters. The van der Waals surface area contributed by atoms with Gasteiger partial charge in [-0.3, -0.25) is 4.79 Å². The van der Waals surface area contributed by atoms with Crippen LogP contribution in [0.4, 0.5) is 0 Å². The predicted octanol–water partition coefficient (Wildman–Crippen LogP) is -0.123. The molecule has 0 rings (SSSR count). The first kappa shape index (κ1) is 16.3. The Morgan fingerprint density at radius 3 is 2.41 bits per heavy atom. The average Bonchev–Trinajstić information content (AvgIpc) is 2.15. The van der Waals surface area contributed by atoms with E-state index < -0.39 is 21.7 Å². The molecule has 0 aromatic rings. The van der Waals surface area contributed by atoms with E-state index in [1.165, 1.54) is 0 Å². The zero-order valence-corrected chi connectivity index (χ0v) is 11.6. The van der Waals surface area contributed by atoms with Crippen molar-refractivity contribution < 1.29 is 17.9 Å². The van der Waals surface area contributed by atoms with Gasteiger partial charge in [-0.1, -0.05) is 19.1 Å². The maximum absolute atomic E-state index is 11.9. The summed E-state index contributed by atoms with van der Waals surface area (Å²) in [6.45, 7) is 3.82. The molecule has 0 heterocycles. The fourth-order valence-electron chi connectivity index (χ4n) is 1.18. The van der Waals surface area contributed by atoms with Gasteiger partial charge < -0.3 is 10.5 Å². The summed E-state index contributed by atoms with van der Waals surface area (Å²) in [6.07, 6.45) is 0.616. The lowest BCUT2D eigenvalue weighted by molar-refractivity contribution is -0.140. The molecule has 8 heteroatoms. The van der Waals surface area contributed by atoms with Gasteiger partial charge >= 0.3 is 5.97 Å². The van der Waals surface area contributed by atoms with E-state index in [-0.39, 0.29) is 24.7 Å². The van der Waals surface area contributed by atoms with Crippen molar-refractivity contribution in [3.8, 4) is 0 Å². The van der Waals surface area contributed by atoms with Crippen LogP contribution in [0.2, 0.25) is 0 Å². The van der Waals surface area contributed by atoms with E-state index >= 15 is 0 Å². The third-order valence-corrected chi connectivity index (χ3v) is 3.63. The molecular formula is C9H18N2O4S2. The Morgan fingerprint density at radius 1 is 1.41 bits per heavy atom. The van der Waals surface area contributed by atoms with Gasteiger partial charge in [0.05, 0.1) is 18.1 Å². The third-order valence-electron chi connectivity index (χ3n) is 1.80. The molecule has 2 N–H and O–H groups in total. The van der Waals surface area contributed by atoms with Crippen LogP contribution in [0.5, 0.6) is 0 Å². The molecule has 100 valence electrons. The summed E-state index contributed by atoms with van der Waals surface area (Å²) >= 11 is 4.68. The second-order valence-corrected chi connectivity index (χ2v) is 5.85. The number of thiocarbonyl (C=S) groups is 1. The van der Waals surface area contributed by atoms with Gasteiger partial charge in [0.1, 0.15) is 0 Å². The van der Waals surface area contributed by atoms with Gasteiger partial charge in [0.25, 0.3) is 0 Å². The van der Waals surface area contributed by atoms with Crippen molar-refractivity contribution in [1.29, 1.82) is 0 Å². The average molecular weight is 282 g/mol. The lowest BCUT2D eigenvalue weighted by Crippen LogP contribution is -2.41. The van der Waals surface area contributed by atoms with E-state index in [0.717, 1.165) is 4.31 Å². The Labute approximate surface area is 107 Å². The number of rotatable bonds is 8. The zero-order valence-electron chi connectivity index (χ0n) is 10.0. The third kappa shape index (κ3) is 6.54. The van der Waals surface area contributed by atoms with Crippen LogP contribution in [0.15, 0.2) is 0 Å². The van der Waals surface area contributed by atoms with Gasteiger partial charge in [-0.25, -0.2) is 8.42 Å². The Balaban J connectivity index is 4.70. The van der Waals surface area contributed by atoms with Crippen molar-refractivity contribution >= 4 is 33.2 Å². The fourth-order valence-corrected chi connectivity index (χ4v) is 2.78. The molecule has 0 aliphatic heterocycles. The van der Waals surface area contributed by atoms with Crippen LogP contribution in [0.1, 0.15) is 20.3 Å². The first-order valence-electron chi connectivity index (χ1n) is 5.25. The highest BCUT2D eigenvalue weighted by Crippen LogP contribution is 2.04. The van der Waals surface area contributed by atoms with E-state index in [4.69, 9.17) is 5.73 Å². The maximum Gasteiger partial charge on any atom is 0.322 e. The molecule has 0 spiro atoms. The largest absolute Gasteiger partial charge is 0.465 e. The molecule has 0 bridgehead atoms. The minimum absolute atomic E-state index is 0.0507. The van der Waals surface area contributed by atoms with Crippen molar-refractivity contribution in [2.75, 3.05) is 25.4 Å². The van der Waals surface area contributed by atoms with Crippen molar-refractivity contribution in [3.05, 3.63) is 0 Å². The second kappa shape index (κ2) is 7.57. The van der Waals surface area contributed by atoms with Gasteiger partial charge in [0.2, 0.25) is 10.0 Å². The highest BCUT2D eigenvalue weighted by atomic mass is 32.2. The molecule has 0 aromatic heterocycles. The summed E-state index contributed by atoms with van der Waals surface area (Å²) in [4.78, 5) is 11.2. The van der Waals surface area contributed by atoms with E-state index in [9.17, 15) is 13.2 Å². The Morgan fingerprint density at radius 2 is 2.00 bits per heavy atom. The molecule has 0 aliphatic carbocycles. The van der Waals surface area contributed by atoms with Gasteiger partial charge in [-0.05, 0) is 13.3 Å². The van der Waals surface area contributed by atoms with Crippen LogP contribution in [-0.4, -0.2) is 49.1 Å². The summed E-state index contributed by atoms with van der Waals surface area (Å²) in [5, 5.41) is 0. The molecule has 0 amide bonds. The summed E-state index contributed by atoms with van der Waals surface area (Å²) in [6, 6.07) is 0. The van der Waals surface area contributed by atoms with E-state index in [1.54, 1.807) is 6.92 Å². The molecular weight excluding hydrogens is 264 g/mol. The number of nitrogens with two attached hydrogens (primary N) is 1. The fraction of sp³-hybridized carbons (Fsp3) is 0.778. The molecule has 0 aromatic carbocycles. The van der Waals surface area contributed by atoms with E-state index in [2.05, 4.69) is 17.0 Å². The Bertz CT molecular complexity index is 367. The highest BCUT2D eigenvalue weighted by molar-refractivity contribution is 7.89. The number of hydrogen-bond acceptors (Lipinski definition) is 5. The monoisotopic (exact) mass is 282 g/mol. The standard InChI is InChI=1S/C9H18N2O4S2/c1-3-5-11(6-8(10)16)17(13,14)7-9(12)15-4-2/h3-7H2,1-2H3,(H2,10,16). The number of esters is 1. The number of carbonyl (C=O) groups excluding carboxylic acids is 1. The Hall–Kier alpha value is -0.730. The maximum atomic E-state index is 11.9. The quantitative estimate of drug-likeness (QED) is 0.493. The molecule has 17 heavy (non-hydrogen) atoms. The summed E-state index contributed by atoms with van der Waals surface area (Å²) in [5.41, 5.74) is 5.32. The zero-order chi connectivity index (χ0) is 13.5. The molecule has 0 radical (unpaired) electrons. The molecule has 0 atom stereocenters. The molecule has 0 saturated heterocycles. The van der Waals surface area contributed by atoms with Gasteiger partial charge in [0.15, 0.2) is 5.75 Å². The van der Waals surface area contributed by atoms with Crippen molar-refractivity contribution in [3.63, 3.8) is 0 Å².